The van der Waals surface area contributed by atoms with Crippen molar-refractivity contribution in [3.8, 4) is 0 Å². The number of hydrogen-bond donors (Lipinski definition) is 1. The number of nitrogens with two attached hydrogens (primary N) is 1. The van der Waals surface area contributed by atoms with Gasteiger partial charge in [0.15, 0.2) is 0 Å². The standard InChI is InChI=1S/C16H21N/c17-16(10-11-6-7-13(16)8-11)15-9-14(15)12-4-2-1-3-5-12/h1-5,11,13-15H,6-10,17H2. The van der Waals surface area contributed by atoms with Crippen LogP contribution in [0.5, 0.6) is 0 Å². The third-order valence-electron chi connectivity index (χ3n) is 5.65. The van der Waals surface area contributed by atoms with Gasteiger partial charge in [0.05, 0.1) is 0 Å². The van der Waals surface area contributed by atoms with Gasteiger partial charge >= 0.3 is 0 Å². The van der Waals surface area contributed by atoms with Crippen LogP contribution in [0.25, 0.3) is 0 Å². The minimum absolute atomic E-state index is 0.198. The number of rotatable bonds is 2. The van der Waals surface area contributed by atoms with Gasteiger partial charge in [-0.2, -0.15) is 0 Å². The Morgan fingerprint density at radius 2 is 1.88 bits per heavy atom. The summed E-state index contributed by atoms with van der Waals surface area (Å²) >= 11 is 0. The number of benzene rings is 1. The third kappa shape index (κ3) is 1.41. The van der Waals surface area contributed by atoms with E-state index in [0.29, 0.717) is 0 Å². The maximum atomic E-state index is 6.78. The van der Waals surface area contributed by atoms with Crippen LogP contribution in [0.1, 0.15) is 43.6 Å². The van der Waals surface area contributed by atoms with Gasteiger partial charge in [0.1, 0.15) is 0 Å². The Bertz CT molecular complexity index is 426. The average molecular weight is 227 g/mol. The summed E-state index contributed by atoms with van der Waals surface area (Å²) in [5.74, 6) is 3.34. The molecule has 0 aliphatic heterocycles. The molecule has 3 aliphatic carbocycles. The van der Waals surface area contributed by atoms with Crippen LogP contribution in [0.4, 0.5) is 0 Å². The van der Waals surface area contributed by atoms with E-state index in [1.54, 1.807) is 0 Å². The molecule has 1 aromatic rings. The van der Waals surface area contributed by atoms with Gasteiger partial charge in [-0.1, -0.05) is 36.8 Å². The van der Waals surface area contributed by atoms with Crippen molar-refractivity contribution in [2.24, 2.45) is 23.5 Å². The second kappa shape index (κ2) is 3.35. The van der Waals surface area contributed by atoms with Crippen LogP contribution in [0, 0.1) is 17.8 Å². The van der Waals surface area contributed by atoms with Crippen LogP contribution in [0.3, 0.4) is 0 Å². The molecule has 5 atom stereocenters. The van der Waals surface area contributed by atoms with E-state index < -0.39 is 0 Å². The van der Waals surface area contributed by atoms with Gasteiger partial charge < -0.3 is 5.73 Å². The molecule has 0 saturated heterocycles. The molecule has 0 amide bonds. The van der Waals surface area contributed by atoms with Crippen molar-refractivity contribution >= 4 is 0 Å². The molecule has 1 nitrogen and oxygen atoms in total. The normalized spacial score (nSPS) is 47.4. The van der Waals surface area contributed by atoms with Crippen molar-refractivity contribution in [2.45, 2.75) is 43.6 Å². The monoisotopic (exact) mass is 227 g/mol. The average Bonchev–Trinajstić information content (AvgIpc) is 2.96. The maximum absolute atomic E-state index is 6.78. The first-order valence-electron chi connectivity index (χ1n) is 7.11. The van der Waals surface area contributed by atoms with E-state index in [1.165, 1.54) is 37.7 Å². The zero-order valence-corrected chi connectivity index (χ0v) is 10.3. The Hall–Kier alpha value is -0.820. The lowest BCUT2D eigenvalue weighted by Gasteiger charge is -2.34. The molecule has 4 rings (SSSR count). The van der Waals surface area contributed by atoms with E-state index in [4.69, 9.17) is 5.73 Å². The summed E-state index contributed by atoms with van der Waals surface area (Å²) in [5, 5.41) is 0. The smallest absolute Gasteiger partial charge is 0.0220 e. The van der Waals surface area contributed by atoms with Crippen LogP contribution in [-0.4, -0.2) is 5.54 Å². The van der Waals surface area contributed by atoms with Crippen LogP contribution in [-0.2, 0) is 0 Å². The second-order valence-electron chi connectivity index (χ2n) is 6.55. The largest absolute Gasteiger partial charge is 0.325 e. The molecule has 3 saturated carbocycles. The SMILES string of the molecule is NC1(C2CC2c2ccccc2)CC2CCC1C2. The van der Waals surface area contributed by atoms with E-state index in [2.05, 4.69) is 30.3 Å². The zero-order chi connectivity index (χ0) is 11.5. The Kier molecular flexibility index (Phi) is 2.00. The van der Waals surface area contributed by atoms with Crippen LogP contribution < -0.4 is 5.73 Å². The summed E-state index contributed by atoms with van der Waals surface area (Å²) in [5.41, 5.74) is 8.49. The molecule has 0 heterocycles. The fraction of sp³-hybridized carbons (Fsp3) is 0.625. The molecule has 3 aliphatic rings. The molecular formula is C16H21N. The van der Waals surface area contributed by atoms with E-state index in [1.807, 2.05) is 0 Å². The summed E-state index contributed by atoms with van der Waals surface area (Å²) < 4.78 is 0. The van der Waals surface area contributed by atoms with Gasteiger partial charge in [-0.15, -0.1) is 0 Å². The molecule has 5 unspecified atom stereocenters. The zero-order valence-electron chi connectivity index (χ0n) is 10.3. The van der Waals surface area contributed by atoms with Gasteiger partial charge in [-0.25, -0.2) is 0 Å². The van der Waals surface area contributed by atoms with Gasteiger partial charge in [0.25, 0.3) is 0 Å². The summed E-state index contributed by atoms with van der Waals surface area (Å²) in [6.45, 7) is 0. The first kappa shape index (κ1) is 10.1. The predicted octanol–water partition coefficient (Wildman–Crippen LogP) is 3.31. The molecule has 0 aromatic heterocycles. The minimum Gasteiger partial charge on any atom is -0.325 e. The molecule has 17 heavy (non-hydrogen) atoms. The van der Waals surface area contributed by atoms with Crippen molar-refractivity contribution in [3.63, 3.8) is 0 Å². The van der Waals surface area contributed by atoms with Crippen LogP contribution >= 0.6 is 0 Å². The second-order valence-corrected chi connectivity index (χ2v) is 6.55. The first-order chi connectivity index (χ1) is 8.27. The molecule has 1 heteroatoms. The Morgan fingerprint density at radius 1 is 1.06 bits per heavy atom. The number of hydrogen-bond acceptors (Lipinski definition) is 1. The quantitative estimate of drug-likeness (QED) is 0.824. The van der Waals surface area contributed by atoms with Gasteiger partial charge in [-0.3, -0.25) is 0 Å². The summed E-state index contributed by atoms with van der Waals surface area (Å²) in [4.78, 5) is 0. The summed E-state index contributed by atoms with van der Waals surface area (Å²) in [7, 11) is 0. The molecule has 90 valence electrons. The van der Waals surface area contributed by atoms with Crippen molar-refractivity contribution in [1.82, 2.24) is 0 Å². The van der Waals surface area contributed by atoms with Crippen LogP contribution in [0.2, 0.25) is 0 Å². The van der Waals surface area contributed by atoms with Crippen molar-refractivity contribution in [2.75, 3.05) is 0 Å². The van der Waals surface area contributed by atoms with E-state index >= 15 is 0 Å². The lowest BCUT2D eigenvalue weighted by molar-refractivity contribution is 0.233. The third-order valence-corrected chi connectivity index (χ3v) is 5.65. The fourth-order valence-corrected chi connectivity index (χ4v) is 4.73. The molecular weight excluding hydrogens is 206 g/mol. The molecule has 0 radical (unpaired) electrons. The van der Waals surface area contributed by atoms with Gasteiger partial charge in [0.2, 0.25) is 0 Å². The van der Waals surface area contributed by atoms with Gasteiger partial charge in [-0.05, 0) is 54.9 Å². The van der Waals surface area contributed by atoms with Crippen molar-refractivity contribution < 1.29 is 0 Å². The Morgan fingerprint density at radius 3 is 2.53 bits per heavy atom. The van der Waals surface area contributed by atoms with E-state index in [0.717, 1.165) is 23.7 Å². The molecule has 1 aromatic carbocycles. The summed E-state index contributed by atoms with van der Waals surface area (Å²) in [6.07, 6.45) is 6.93. The fourth-order valence-electron chi connectivity index (χ4n) is 4.73. The summed E-state index contributed by atoms with van der Waals surface area (Å²) in [6, 6.07) is 11.0. The van der Waals surface area contributed by atoms with Crippen molar-refractivity contribution in [1.29, 1.82) is 0 Å². The molecule has 2 N–H and O–H groups in total. The van der Waals surface area contributed by atoms with Crippen LogP contribution in [0.15, 0.2) is 30.3 Å². The molecule has 0 spiro atoms. The molecule has 2 bridgehead atoms. The Balaban J connectivity index is 1.56. The van der Waals surface area contributed by atoms with E-state index in [-0.39, 0.29) is 5.54 Å². The minimum atomic E-state index is 0.198. The predicted molar refractivity (Wildman–Crippen MR) is 69.7 cm³/mol. The van der Waals surface area contributed by atoms with Crippen molar-refractivity contribution in [3.05, 3.63) is 35.9 Å². The highest BCUT2D eigenvalue weighted by molar-refractivity contribution is 5.30. The molecule has 3 fully saturated rings. The Labute approximate surface area is 103 Å². The van der Waals surface area contributed by atoms with Gasteiger partial charge in [0, 0.05) is 5.54 Å². The highest BCUT2D eigenvalue weighted by Gasteiger charge is 2.59. The highest BCUT2D eigenvalue weighted by Crippen LogP contribution is 2.63. The first-order valence-corrected chi connectivity index (χ1v) is 7.11. The topological polar surface area (TPSA) is 26.0 Å². The lowest BCUT2D eigenvalue weighted by atomic mass is 9.77. The number of fused-ring (bicyclic) bond motifs is 2. The highest BCUT2D eigenvalue weighted by atomic mass is 14.9. The maximum Gasteiger partial charge on any atom is 0.0220 e. The lowest BCUT2D eigenvalue weighted by Crippen LogP contribution is -2.47. The van der Waals surface area contributed by atoms with E-state index in [9.17, 15) is 0 Å².